The molecular weight excluding hydrogens is 843 g/mol. The van der Waals surface area contributed by atoms with Gasteiger partial charge in [-0.1, -0.05) is 12.1 Å². The number of rotatable bonds is 10. The van der Waals surface area contributed by atoms with Crippen LogP contribution in [0.4, 0.5) is 20.3 Å². The lowest BCUT2D eigenvalue weighted by molar-refractivity contribution is -0.140. The smallest absolute Gasteiger partial charge is 0.329 e. The van der Waals surface area contributed by atoms with Crippen LogP contribution < -0.4 is 21.2 Å². The van der Waals surface area contributed by atoms with Crippen LogP contribution in [0.15, 0.2) is 47.7 Å². The second-order valence-electron chi connectivity index (χ2n) is 18.8. The maximum Gasteiger partial charge on any atom is 0.329 e. The van der Waals surface area contributed by atoms with Crippen LogP contribution in [0.3, 0.4) is 0 Å². The van der Waals surface area contributed by atoms with E-state index in [1.807, 2.05) is 29.2 Å². The molecular formula is C45H52F2N12O6. The van der Waals surface area contributed by atoms with Crippen molar-refractivity contribution >= 4 is 51.8 Å². The van der Waals surface area contributed by atoms with Crippen LogP contribution in [0.1, 0.15) is 104 Å². The number of para-hydroxylation sites is 1. The SMILES string of the molecule is Cn1c(=O)n([C@H]2CCC(=O)NC2=O)c2cccc([C@H]3C[C@H](C(=O)N4CCN(C[C@H]5CC[C@H](n6cc(NC(=O)c7cnn8ccc(N9CC%10CC9CO%10)nc78)c(C(F)F)n6)CC5)CC4)C3)c21. The Hall–Kier alpha value is -6.02. The van der Waals surface area contributed by atoms with E-state index < -0.39 is 30.0 Å². The monoisotopic (exact) mass is 894 g/mol. The molecule has 1 aromatic carbocycles. The van der Waals surface area contributed by atoms with Crippen LogP contribution >= 0.6 is 0 Å². The van der Waals surface area contributed by atoms with E-state index in [9.17, 15) is 32.8 Å². The number of hydrogen-bond donors (Lipinski definition) is 2. The molecule has 4 aliphatic heterocycles. The molecule has 20 heteroatoms. The van der Waals surface area contributed by atoms with Gasteiger partial charge >= 0.3 is 5.69 Å². The number of imidazole rings is 1. The Bertz CT molecular complexity index is 2760. The van der Waals surface area contributed by atoms with Gasteiger partial charge in [0.25, 0.3) is 12.3 Å². The van der Waals surface area contributed by atoms with Gasteiger partial charge in [0.15, 0.2) is 11.3 Å². The van der Waals surface area contributed by atoms with Crippen LogP contribution in [0.2, 0.25) is 0 Å². The zero-order valence-electron chi connectivity index (χ0n) is 36.2. The van der Waals surface area contributed by atoms with Gasteiger partial charge < -0.3 is 19.9 Å². The van der Waals surface area contributed by atoms with Gasteiger partial charge in [-0.3, -0.25) is 43.2 Å². The van der Waals surface area contributed by atoms with E-state index in [0.717, 1.165) is 75.2 Å². The van der Waals surface area contributed by atoms with Gasteiger partial charge in [0.05, 0.1) is 47.7 Å². The maximum atomic E-state index is 14.3. The first-order valence-electron chi connectivity index (χ1n) is 22.9. The summed E-state index contributed by atoms with van der Waals surface area (Å²) in [5, 5.41) is 13.6. The quantitative estimate of drug-likeness (QED) is 0.195. The minimum Gasteiger partial charge on any atom is -0.374 e. The lowest BCUT2D eigenvalue weighted by Crippen LogP contribution is -2.52. The number of nitrogens with zero attached hydrogens (tertiary/aromatic N) is 10. The number of fused-ring (bicyclic) bond motifs is 4. The van der Waals surface area contributed by atoms with E-state index in [1.54, 1.807) is 22.5 Å². The van der Waals surface area contributed by atoms with Crippen molar-refractivity contribution in [2.75, 3.05) is 56.1 Å². The third-order valence-electron chi connectivity index (χ3n) is 15.0. The molecule has 3 atom stereocenters. The minimum atomic E-state index is -2.88. The van der Waals surface area contributed by atoms with Crippen molar-refractivity contribution < 1.29 is 32.7 Å². The Kier molecular flexibility index (Phi) is 10.5. The summed E-state index contributed by atoms with van der Waals surface area (Å²) >= 11 is 0. The average Bonchev–Trinajstić information content (AvgIpc) is 4.14. The predicted octanol–water partition coefficient (Wildman–Crippen LogP) is 3.79. The molecule has 18 nitrogen and oxygen atoms in total. The van der Waals surface area contributed by atoms with Crippen molar-refractivity contribution in [3.63, 3.8) is 0 Å². The van der Waals surface area contributed by atoms with Crippen LogP contribution in [-0.2, 0) is 26.2 Å². The van der Waals surface area contributed by atoms with E-state index in [2.05, 4.69) is 30.6 Å². The first-order chi connectivity index (χ1) is 31.5. The molecule has 11 rings (SSSR count). The Morgan fingerprint density at radius 1 is 0.985 bits per heavy atom. The molecule has 2 bridgehead atoms. The Balaban J connectivity index is 0.662. The second-order valence-corrected chi connectivity index (χ2v) is 18.8. The molecule has 2 unspecified atom stereocenters. The number of morpholine rings is 1. The summed E-state index contributed by atoms with van der Waals surface area (Å²) in [5.74, 6) is -0.0186. The summed E-state index contributed by atoms with van der Waals surface area (Å²) in [7, 11) is 1.71. The fraction of sp³-hybridized carbons (Fsp3) is 0.556. The highest BCUT2D eigenvalue weighted by molar-refractivity contribution is 6.08. The molecule has 342 valence electrons. The van der Waals surface area contributed by atoms with Crippen LogP contribution in [0.25, 0.3) is 16.7 Å². The average molecular weight is 895 g/mol. The Morgan fingerprint density at radius 2 is 1.78 bits per heavy atom. The molecule has 2 N–H and O–H groups in total. The van der Waals surface area contributed by atoms with Crippen molar-refractivity contribution in [3.05, 3.63) is 70.2 Å². The van der Waals surface area contributed by atoms with E-state index in [-0.39, 0.29) is 71.6 Å². The number of anilines is 2. The van der Waals surface area contributed by atoms with E-state index in [1.165, 1.54) is 21.5 Å². The Morgan fingerprint density at radius 3 is 2.51 bits per heavy atom. The number of benzene rings is 1. The van der Waals surface area contributed by atoms with Crippen molar-refractivity contribution in [2.45, 2.75) is 94.4 Å². The molecule has 2 aliphatic carbocycles. The number of hydrogen-bond acceptors (Lipinski definition) is 11. The van der Waals surface area contributed by atoms with Crippen molar-refractivity contribution in [1.82, 2.24) is 48.6 Å². The number of ether oxygens (including phenoxy) is 1. The number of amides is 4. The molecule has 4 saturated heterocycles. The normalized spacial score (nSPS) is 27.2. The predicted molar refractivity (Wildman–Crippen MR) is 232 cm³/mol. The number of imide groups is 1. The van der Waals surface area contributed by atoms with E-state index in [0.29, 0.717) is 49.6 Å². The molecule has 0 spiro atoms. The van der Waals surface area contributed by atoms with Gasteiger partial charge in [-0.15, -0.1) is 0 Å². The van der Waals surface area contributed by atoms with Gasteiger partial charge in [0.2, 0.25) is 17.7 Å². The van der Waals surface area contributed by atoms with Crippen LogP contribution in [0, 0.1) is 11.8 Å². The summed E-state index contributed by atoms with van der Waals surface area (Å²) in [6.07, 6.45) is 8.13. The lowest BCUT2D eigenvalue weighted by atomic mass is 9.70. The number of piperazine rings is 1. The highest BCUT2D eigenvalue weighted by Gasteiger charge is 2.42. The third kappa shape index (κ3) is 7.47. The highest BCUT2D eigenvalue weighted by Crippen LogP contribution is 2.45. The van der Waals surface area contributed by atoms with Crippen molar-refractivity contribution in [2.24, 2.45) is 18.9 Å². The van der Waals surface area contributed by atoms with Gasteiger partial charge in [-0.2, -0.15) is 10.2 Å². The number of piperidine rings is 1. The highest BCUT2D eigenvalue weighted by atomic mass is 19.3. The molecule has 5 aromatic rings. The summed E-state index contributed by atoms with van der Waals surface area (Å²) < 4.78 is 40.6. The molecule has 65 heavy (non-hydrogen) atoms. The minimum absolute atomic E-state index is 0.0208. The van der Waals surface area contributed by atoms with E-state index in [4.69, 9.17) is 9.72 Å². The number of alkyl halides is 2. The topological polar surface area (TPSA) is 186 Å². The Labute approximate surface area is 371 Å². The molecule has 0 radical (unpaired) electrons. The van der Waals surface area contributed by atoms with Crippen LogP contribution in [0.5, 0.6) is 0 Å². The second kappa shape index (κ2) is 16.4. The molecule has 8 heterocycles. The van der Waals surface area contributed by atoms with Gasteiger partial charge in [-0.05, 0) is 80.9 Å². The molecule has 6 aliphatic rings. The largest absolute Gasteiger partial charge is 0.374 e. The van der Waals surface area contributed by atoms with Gasteiger partial charge in [0.1, 0.15) is 17.4 Å². The fourth-order valence-electron chi connectivity index (χ4n) is 11.4. The van der Waals surface area contributed by atoms with Crippen molar-refractivity contribution in [3.8, 4) is 0 Å². The summed E-state index contributed by atoms with van der Waals surface area (Å²) in [6, 6.07) is 7.01. The summed E-state index contributed by atoms with van der Waals surface area (Å²) in [4.78, 5) is 76.5. The van der Waals surface area contributed by atoms with Gasteiger partial charge in [-0.25, -0.2) is 23.1 Å². The molecule has 6 fully saturated rings. The molecule has 2 saturated carbocycles. The van der Waals surface area contributed by atoms with Crippen LogP contribution in [-0.4, -0.2) is 125 Å². The number of carbonyl (C=O) groups excluding carboxylic acids is 4. The third-order valence-corrected chi connectivity index (χ3v) is 15.0. The summed E-state index contributed by atoms with van der Waals surface area (Å²) in [5.41, 5.74) is 2.17. The zero-order chi connectivity index (χ0) is 44.7. The fourth-order valence-corrected chi connectivity index (χ4v) is 11.4. The van der Waals surface area contributed by atoms with Gasteiger partial charge in [0, 0.05) is 71.0 Å². The first-order valence-corrected chi connectivity index (χ1v) is 22.9. The van der Waals surface area contributed by atoms with E-state index >= 15 is 0 Å². The number of aromatic nitrogens is 7. The lowest BCUT2D eigenvalue weighted by Gasteiger charge is -2.42. The maximum absolute atomic E-state index is 14.3. The molecule has 4 amide bonds. The standard InChI is InChI=1S/C45H52F2N12O6/c1-53-39-31(3-2-4-34(39)59(45(53)64)35-9-10-37(60)51-43(35)62)26-17-27(18-26)44(63)55-15-13-54(14-16-55)21-25-5-7-28(8-6-25)58-23-33(38(52-58)40(46)47)49-42(61)32-20-48-57-12-11-36(50-41(32)57)56-22-30-19-29(56)24-65-30/h2-4,11-12,20,23,25-30,35,40H,5-10,13-19,21-22,24H2,1H3,(H,49,61)(H,51,60,62)/t25-,26-,27-,28-,29?,30?,35-/m0/s1. The number of carbonyl (C=O) groups is 4. The first kappa shape index (κ1) is 41.7. The number of halogens is 2. The number of nitrogens with one attached hydrogen (secondary N) is 2. The number of aryl methyl sites for hydroxylation is 1. The molecule has 4 aromatic heterocycles. The zero-order valence-corrected chi connectivity index (χ0v) is 36.2. The summed E-state index contributed by atoms with van der Waals surface area (Å²) in [6.45, 7) is 5.17. The van der Waals surface area contributed by atoms with Crippen molar-refractivity contribution in [1.29, 1.82) is 0 Å².